The van der Waals surface area contributed by atoms with Gasteiger partial charge >= 0.3 is 0 Å². The van der Waals surface area contributed by atoms with Gasteiger partial charge in [-0.15, -0.1) is 0 Å². The predicted octanol–water partition coefficient (Wildman–Crippen LogP) is 3.73. The van der Waals surface area contributed by atoms with Gasteiger partial charge in [-0.05, 0) is 56.7 Å². The Morgan fingerprint density at radius 3 is 2.70 bits per heavy atom. The summed E-state index contributed by atoms with van der Waals surface area (Å²) in [5, 5.41) is 17.3. The van der Waals surface area contributed by atoms with Crippen molar-refractivity contribution in [1.29, 1.82) is 0 Å². The highest BCUT2D eigenvalue weighted by atomic mass is 32.1. The van der Waals surface area contributed by atoms with E-state index < -0.39 is 6.10 Å². The molecule has 3 atom stereocenters. The van der Waals surface area contributed by atoms with Crippen LogP contribution < -0.4 is 5.32 Å². The average molecular weight is 618 g/mol. The summed E-state index contributed by atoms with van der Waals surface area (Å²) >= 11 is 1.46. The molecule has 2 aliphatic carbocycles. The highest BCUT2D eigenvalue weighted by Crippen LogP contribution is 2.36. The topological polar surface area (TPSA) is 147 Å². The van der Waals surface area contributed by atoms with Gasteiger partial charge < -0.3 is 24.6 Å². The number of aliphatic hydroxyl groups is 1. The van der Waals surface area contributed by atoms with Crippen LogP contribution in [0.15, 0.2) is 47.4 Å². The number of thiazole rings is 1. The van der Waals surface area contributed by atoms with Gasteiger partial charge in [0.1, 0.15) is 12.9 Å². The fourth-order valence-corrected chi connectivity index (χ4v) is 7.39. The van der Waals surface area contributed by atoms with Crippen molar-refractivity contribution in [2.24, 2.45) is 5.92 Å². The number of hydrogen-bond donors (Lipinski definition) is 2. The van der Waals surface area contributed by atoms with Crippen LogP contribution >= 0.6 is 11.3 Å². The minimum atomic E-state index is -0.400. The number of amides is 2. The number of carbonyl (C=O) groups excluding carboxylic acids is 2. The number of carbonyl (C=O) groups is 2. The first-order chi connectivity index (χ1) is 21.4. The predicted molar refractivity (Wildman–Crippen MR) is 163 cm³/mol. The number of hydrogen-bond acceptors (Lipinski definition) is 11. The Hall–Kier alpha value is -3.78. The third kappa shape index (κ3) is 5.96. The SMILES string of the molecule is C[C@H]1CN(C(=O)c2ccon2)CCN1[C@H]1C[C@@H](C(=O)Nc2nc3ccc(-c4cnc(CO[C@H]5CCC[C@@H]5O)nc4)cc3s2)C1. The Bertz CT molecular complexity index is 1620. The quantitative estimate of drug-likeness (QED) is 0.300. The van der Waals surface area contributed by atoms with Crippen molar-refractivity contribution in [3.05, 3.63) is 54.4 Å². The zero-order valence-corrected chi connectivity index (χ0v) is 25.3. The molecule has 3 aromatic heterocycles. The molecule has 2 saturated carbocycles. The van der Waals surface area contributed by atoms with Gasteiger partial charge in [-0.1, -0.05) is 22.6 Å². The van der Waals surface area contributed by atoms with Crippen LogP contribution in [0.3, 0.4) is 0 Å². The molecule has 4 aromatic rings. The molecule has 3 fully saturated rings. The highest BCUT2D eigenvalue weighted by Gasteiger charge is 2.41. The summed E-state index contributed by atoms with van der Waals surface area (Å²) in [6, 6.07) is 8.09. The second kappa shape index (κ2) is 12.3. The van der Waals surface area contributed by atoms with Gasteiger partial charge in [0, 0.05) is 61.7 Å². The number of anilines is 1. The maximum absolute atomic E-state index is 13.1. The Kier molecular flexibility index (Phi) is 8.10. The first-order valence-corrected chi connectivity index (χ1v) is 16.0. The van der Waals surface area contributed by atoms with E-state index in [1.807, 2.05) is 23.1 Å². The first kappa shape index (κ1) is 29.0. The normalized spacial score (nSPS) is 25.7. The molecule has 1 aromatic carbocycles. The van der Waals surface area contributed by atoms with E-state index in [2.05, 4.69) is 37.2 Å². The molecule has 12 nitrogen and oxygen atoms in total. The summed E-state index contributed by atoms with van der Waals surface area (Å²) in [5.41, 5.74) is 3.02. The number of rotatable bonds is 8. The van der Waals surface area contributed by atoms with Gasteiger partial charge in [-0.25, -0.2) is 15.0 Å². The molecule has 3 aliphatic rings. The van der Waals surface area contributed by atoms with Gasteiger partial charge in [-0.3, -0.25) is 14.5 Å². The van der Waals surface area contributed by atoms with Gasteiger partial charge in [0.2, 0.25) is 5.91 Å². The maximum atomic E-state index is 13.1. The van der Waals surface area contributed by atoms with Crippen LogP contribution in [-0.4, -0.2) is 90.8 Å². The third-order valence-corrected chi connectivity index (χ3v) is 10.0. The first-order valence-electron chi connectivity index (χ1n) is 15.2. The Morgan fingerprint density at radius 2 is 1.98 bits per heavy atom. The average Bonchev–Trinajstić information content (AvgIpc) is 3.77. The van der Waals surface area contributed by atoms with Crippen molar-refractivity contribution < 1.29 is 24.0 Å². The summed E-state index contributed by atoms with van der Waals surface area (Å²) in [4.78, 5) is 43.5. The molecule has 2 N–H and O–H groups in total. The van der Waals surface area contributed by atoms with Crippen LogP contribution in [0.4, 0.5) is 5.13 Å². The van der Waals surface area contributed by atoms with Crippen LogP contribution in [0.1, 0.15) is 55.3 Å². The molecule has 44 heavy (non-hydrogen) atoms. The van der Waals surface area contributed by atoms with E-state index >= 15 is 0 Å². The number of benzene rings is 1. The summed E-state index contributed by atoms with van der Waals surface area (Å²) < 4.78 is 11.6. The number of aliphatic hydroxyl groups excluding tert-OH is 1. The molecule has 230 valence electrons. The Labute approximate surface area is 258 Å². The third-order valence-electron chi connectivity index (χ3n) is 9.08. The molecule has 0 unspecified atom stereocenters. The van der Waals surface area contributed by atoms with Gasteiger partial charge in [-0.2, -0.15) is 0 Å². The fraction of sp³-hybridized carbons (Fsp3) is 0.484. The van der Waals surface area contributed by atoms with E-state index in [4.69, 9.17) is 9.26 Å². The van der Waals surface area contributed by atoms with Crippen LogP contribution in [0.2, 0.25) is 0 Å². The smallest absolute Gasteiger partial charge is 0.276 e. The number of fused-ring (bicyclic) bond motifs is 1. The molecule has 1 saturated heterocycles. The van der Waals surface area contributed by atoms with E-state index in [0.29, 0.717) is 35.8 Å². The lowest BCUT2D eigenvalue weighted by atomic mass is 9.78. The van der Waals surface area contributed by atoms with Crippen molar-refractivity contribution in [2.45, 2.75) is 69.9 Å². The number of ether oxygens (including phenoxy) is 1. The summed E-state index contributed by atoms with van der Waals surface area (Å²) in [6.07, 6.45) is 8.66. The molecule has 1 aliphatic heterocycles. The molecule has 13 heteroatoms. The second-order valence-electron chi connectivity index (χ2n) is 12.0. The maximum Gasteiger partial charge on any atom is 0.276 e. The molecular weight excluding hydrogens is 582 g/mol. The molecule has 0 radical (unpaired) electrons. The van der Waals surface area contributed by atoms with E-state index in [0.717, 1.165) is 60.0 Å². The zero-order valence-electron chi connectivity index (χ0n) is 24.5. The van der Waals surface area contributed by atoms with Crippen LogP contribution in [-0.2, 0) is 16.1 Å². The van der Waals surface area contributed by atoms with E-state index in [1.54, 1.807) is 18.5 Å². The number of nitrogens with zero attached hydrogens (tertiary/aromatic N) is 6. The Balaban J connectivity index is 0.908. The fourth-order valence-electron chi connectivity index (χ4n) is 6.48. The van der Waals surface area contributed by atoms with Gasteiger partial charge in [0.15, 0.2) is 16.6 Å². The zero-order chi connectivity index (χ0) is 30.2. The summed E-state index contributed by atoms with van der Waals surface area (Å²) in [5.74, 6) is 0.433. The monoisotopic (exact) mass is 617 g/mol. The molecule has 7 rings (SSSR count). The van der Waals surface area contributed by atoms with Gasteiger partial charge in [0.25, 0.3) is 5.91 Å². The second-order valence-corrected chi connectivity index (χ2v) is 13.0. The number of aromatic nitrogens is 4. The standard InChI is InChI=1S/C31H35N7O5S/c1-18-16-37(30(41)24-7-10-43-36-24)8-9-38(18)22-11-20(12-22)29(40)35-31-34-23-6-5-19(13-27(23)44-31)21-14-32-28(33-15-21)17-42-26-4-2-3-25(26)39/h5-7,10,13-15,18,20,22,25-26,39H,2-4,8-9,11-12,16-17H2,1H3,(H,34,35,40)/t18-,20-,22+,25-,26-/m0/s1. The largest absolute Gasteiger partial charge is 0.390 e. The molecule has 0 spiro atoms. The lowest BCUT2D eigenvalue weighted by Gasteiger charge is -2.49. The lowest BCUT2D eigenvalue weighted by molar-refractivity contribution is -0.125. The van der Waals surface area contributed by atoms with Crippen LogP contribution in [0.5, 0.6) is 0 Å². The van der Waals surface area contributed by atoms with E-state index in [-0.39, 0.29) is 36.5 Å². The molecule has 0 bridgehead atoms. The summed E-state index contributed by atoms with van der Waals surface area (Å²) in [7, 11) is 0. The van der Waals surface area contributed by atoms with Crippen molar-refractivity contribution in [3.63, 3.8) is 0 Å². The summed E-state index contributed by atoms with van der Waals surface area (Å²) in [6.45, 7) is 4.44. The van der Waals surface area contributed by atoms with Gasteiger partial charge in [0.05, 0.1) is 22.4 Å². The highest BCUT2D eigenvalue weighted by molar-refractivity contribution is 7.22. The minimum absolute atomic E-state index is 0.00404. The van der Waals surface area contributed by atoms with E-state index in [1.165, 1.54) is 17.6 Å². The Morgan fingerprint density at radius 1 is 1.14 bits per heavy atom. The number of piperazine rings is 1. The molecule has 4 heterocycles. The van der Waals surface area contributed by atoms with Crippen LogP contribution in [0.25, 0.3) is 21.3 Å². The van der Waals surface area contributed by atoms with Crippen molar-refractivity contribution >= 4 is 38.5 Å². The van der Waals surface area contributed by atoms with Crippen molar-refractivity contribution in [1.82, 2.24) is 29.9 Å². The van der Waals surface area contributed by atoms with Crippen LogP contribution in [0, 0.1) is 5.92 Å². The molecular formula is C31H35N7O5S. The van der Waals surface area contributed by atoms with E-state index in [9.17, 15) is 14.7 Å². The minimum Gasteiger partial charge on any atom is -0.390 e. The van der Waals surface area contributed by atoms with Crippen molar-refractivity contribution in [3.8, 4) is 11.1 Å². The lowest BCUT2D eigenvalue weighted by Crippen LogP contribution is -2.60. The molecule has 2 amide bonds. The number of nitrogens with one attached hydrogen (secondary N) is 1. The van der Waals surface area contributed by atoms with Crippen molar-refractivity contribution in [2.75, 3.05) is 25.0 Å².